The van der Waals surface area contributed by atoms with Crippen LogP contribution in [0.1, 0.15) is 36.5 Å². The molecule has 1 aromatic rings. The van der Waals surface area contributed by atoms with Crippen molar-refractivity contribution in [1.82, 2.24) is 9.97 Å². The molecule has 1 heterocycles. The molecule has 17 heavy (non-hydrogen) atoms. The van der Waals surface area contributed by atoms with Crippen LogP contribution in [0.3, 0.4) is 0 Å². The van der Waals surface area contributed by atoms with Crippen molar-refractivity contribution in [2.24, 2.45) is 11.3 Å². The van der Waals surface area contributed by atoms with Crippen LogP contribution in [0.2, 0.25) is 5.15 Å². The first-order valence-electron chi connectivity index (χ1n) is 5.67. The van der Waals surface area contributed by atoms with E-state index in [0.717, 1.165) is 6.54 Å². The molecule has 1 unspecified atom stereocenters. The Labute approximate surface area is 106 Å². The van der Waals surface area contributed by atoms with Gasteiger partial charge in [0, 0.05) is 6.54 Å². The van der Waals surface area contributed by atoms with E-state index in [2.05, 4.69) is 29.1 Å². The highest BCUT2D eigenvalue weighted by molar-refractivity contribution is 6.32. The van der Waals surface area contributed by atoms with E-state index in [1.807, 2.05) is 0 Å². The number of nitrogens with zero attached hydrogens (tertiary/aromatic N) is 2. The van der Waals surface area contributed by atoms with Crippen LogP contribution in [0, 0.1) is 18.3 Å². The Morgan fingerprint density at radius 2 is 2.18 bits per heavy atom. The number of rotatable bonds is 4. The van der Waals surface area contributed by atoms with Crippen LogP contribution in [-0.2, 0) is 0 Å². The van der Waals surface area contributed by atoms with E-state index in [1.165, 1.54) is 6.42 Å². The fourth-order valence-electron chi connectivity index (χ4n) is 1.93. The molecule has 5 heteroatoms. The van der Waals surface area contributed by atoms with E-state index in [0.29, 0.717) is 34.8 Å². The fraction of sp³-hybridized carbons (Fsp3) is 0.583. The van der Waals surface area contributed by atoms with Crippen molar-refractivity contribution in [2.45, 2.75) is 27.2 Å². The van der Waals surface area contributed by atoms with Gasteiger partial charge in [-0.15, -0.1) is 0 Å². The van der Waals surface area contributed by atoms with Gasteiger partial charge in [0.25, 0.3) is 0 Å². The third-order valence-electron chi connectivity index (χ3n) is 3.36. The largest absolute Gasteiger partial charge is 0.369 e. The molecule has 1 aromatic heterocycles. The van der Waals surface area contributed by atoms with Crippen LogP contribution in [-0.4, -0.2) is 22.8 Å². The summed E-state index contributed by atoms with van der Waals surface area (Å²) < 4.78 is 0. The lowest BCUT2D eigenvalue weighted by Gasteiger charge is -2.10. The fourth-order valence-corrected chi connectivity index (χ4v) is 2.19. The van der Waals surface area contributed by atoms with Crippen molar-refractivity contribution in [1.29, 1.82) is 0 Å². The number of aldehydes is 1. The Hall–Kier alpha value is -1.16. The van der Waals surface area contributed by atoms with E-state index in [-0.39, 0.29) is 5.15 Å². The maximum atomic E-state index is 10.9. The van der Waals surface area contributed by atoms with Crippen molar-refractivity contribution in [3.63, 3.8) is 0 Å². The molecule has 1 fully saturated rings. The summed E-state index contributed by atoms with van der Waals surface area (Å²) in [5.74, 6) is 1.74. The number of aryl methyl sites for hydroxylation is 1. The normalized spacial score (nSPS) is 21.1. The first kappa shape index (κ1) is 12.3. The minimum Gasteiger partial charge on any atom is -0.369 e. The van der Waals surface area contributed by atoms with Gasteiger partial charge in [0.15, 0.2) is 6.29 Å². The molecule has 0 bridgehead atoms. The molecule has 1 atom stereocenters. The summed E-state index contributed by atoms with van der Waals surface area (Å²) >= 11 is 5.90. The molecule has 1 N–H and O–H groups in total. The Morgan fingerprint density at radius 3 is 2.71 bits per heavy atom. The monoisotopic (exact) mass is 253 g/mol. The zero-order valence-electron chi connectivity index (χ0n) is 10.2. The summed E-state index contributed by atoms with van der Waals surface area (Å²) in [6.07, 6.45) is 1.90. The molecule has 1 aliphatic carbocycles. The second kappa shape index (κ2) is 4.26. The first-order chi connectivity index (χ1) is 7.94. The molecule has 2 rings (SSSR count). The number of halogens is 1. The number of nitrogens with one attached hydrogen (secondary N) is 1. The molecule has 0 radical (unpaired) electrons. The average Bonchev–Trinajstić information content (AvgIpc) is 2.83. The van der Waals surface area contributed by atoms with Crippen molar-refractivity contribution >= 4 is 23.7 Å². The average molecular weight is 254 g/mol. The maximum Gasteiger partial charge on any atom is 0.156 e. The number of hydrogen-bond acceptors (Lipinski definition) is 4. The number of aromatic nitrogens is 2. The molecule has 1 aliphatic rings. The number of carbonyl (C=O) groups excluding carboxylic acids is 1. The smallest absolute Gasteiger partial charge is 0.156 e. The summed E-state index contributed by atoms with van der Waals surface area (Å²) in [5.41, 5.74) is 0.746. The van der Waals surface area contributed by atoms with Gasteiger partial charge in [-0.1, -0.05) is 25.4 Å². The number of hydrogen-bond donors (Lipinski definition) is 1. The first-order valence-corrected chi connectivity index (χ1v) is 6.05. The van der Waals surface area contributed by atoms with Gasteiger partial charge in [-0.2, -0.15) is 0 Å². The van der Waals surface area contributed by atoms with Gasteiger partial charge in [-0.3, -0.25) is 4.79 Å². The quantitative estimate of drug-likeness (QED) is 0.662. The molecule has 4 nitrogen and oxygen atoms in total. The van der Waals surface area contributed by atoms with Crippen LogP contribution in [0.15, 0.2) is 0 Å². The Balaban J connectivity index is 2.12. The highest BCUT2D eigenvalue weighted by atomic mass is 35.5. The predicted octanol–water partition coefficient (Wildman–Crippen LogP) is 2.71. The summed E-state index contributed by atoms with van der Waals surface area (Å²) in [5, 5.41) is 3.41. The Kier molecular flexibility index (Phi) is 3.08. The number of carbonyl (C=O) groups is 1. The van der Waals surface area contributed by atoms with Gasteiger partial charge >= 0.3 is 0 Å². The van der Waals surface area contributed by atoms with Gasteiger partial charge < -0.3 is 5.32 Å². The summed E-state index contributed by atoms with van der Waals surface area (Å²) in [6.45, 7) is 7.05. The second-order valence-corrected chi connectivity index (χ2v) is 5.57. The second-order valence-electron chi connectivity index (χ2n) is 5.21. The van der Waals surface area contributed by atoms with E-state index in [1.54, 1.807) is 6.92 Å². The van der Waals surface area contributed by atoms with Gasteiger partial charge in [0.1, 0.15) is 16.8 Å². The van der Waals surface area contributed by atoms with Crippen LogP contribution < -0.4 is 5.32 Å². The van der Waals surface area contributed by atoms with E-state index < -0.39 is 0 Å². The molecular formula is C12H16ClN3O. The minimum atomic E-state index is 0.213. The van der Waals surface area contributed by atoms with Gasteiger partial charge in [-0.05, 0) is 24.7 Å². The zero-order chi connectivity index (χ0) is 12.6. The van der Waals surface area contributed by atoms with Crippen molar-refractivity contribution in [2.75, 3.05) is 11.9 Å². The molecule has 0 saturated heterocycles. The van der Waals surface area contributed by atoms with E-state index in [9.17, 15) is 4.79 Å². The summed E-state index contributed by atoms with van der Waals surface area (Å²) in [4.78, 5) is 19.1. The van der Waals surface area contributed by atoms with E-state index >= 15 is 0 Å². The third kappa shape index (κ3) is 2.57. The molecule has 0 amide bonds. The highest BCUT2D eigenvalue weighted by Crippen LogP contribution is 2.51. The summed E-state index contributed by atoms with van der Waals surface area (Å²) in [6, 6.07) is 0. The van der Waals surface area contributed by atoms with E-state index in [4.69, 9.17) is 11.6 Å². The summed E-state index contributed by atoms with van der Waals surface area (Å²) in [7, 11) is 0. The standard InChI is InChI=1S/C12H16ClN3O/c1-7-15-10(13)9(6-17)11(16-7)14-5-8-4-12(8,2)3/h6,8H,4-5H2,1-3H3,(H,14,15,16). The maximum absolute atomic E-state index is 10.9. The lowest BCUT2D eigenvalue weighted by atomic mass is 10.1. The molecular weight excluding hydrogens is 238 g/mol. The topological polar surface area (TPSA) is 54.9 Å². The van der Waals surface area contributed by atoms with Gasteiger partial charge in [0.05, 0.1) is 5.56 Å². The number of anilines is 1. The van der Waals surface area contributed by atoms with Crippen molar-refractivity contribution < 1.29 is 4.79 Å². The molecule has 92 valence electrons. The van der Waals surface area contributed by atoms with Gasteiger partial charge in [0.2, 0.25) is 0 Å². The van der Waals surface area contributed by atoms with Crippen LogP contribution in [0.25, 0.3) is 0 Å². The Morgan fingerprint density at radius 1 is 1.53 bits per heavy atom. The Bertz CT molecular complexity index is 459. The lowest BCUT2D eigenvalue weighted by Crippen LogP contribution is -2.12. The molecule has 1 saturated carbocycles. The highest BCUT2D eigenvalue weighted by Gasteiger charge is 2.45. The van der Waals surface area contributed by atoms with Gasteiger partial charge in [-0.25, -0.2) is 9.97 Å². The zero-order valence-corrected chi connectivity index (χ0v) is 11.0. The van der Waals surface area contributed by atoms with Crippen molar-refractivity contribution in [3.05, 3.63) is 16.5 Å². The van der Waals surface area contributed by atoms with Crippen LogP contribution in [0.4, 0.5) is 5.82 Å². The lowest BCUT2D eigenvalue weighted by molar-refractivity contribution is 0.112. The molecule has 0 aliphatic heterocycles. The SMILES string of the molecule is Cc1nc(Cl)c(C=O)c(NCC2CC2(C)C)n1. The molecule has 0 aromatic carbocycles. The van der Waals surface area contributed by atoms with Crippen LogP contribution in [0.5, 0.6) is 0 Å². The van der Waals surface area contributed by atoms with Crippen molar-refractivity contribution in [3.8, 4) is 0 Å². The minimum absolute atomic E-state index is 0.213. The predicted molar refractivity (Wildman–Crippen MR) is 67.5 cm³/mol. The third-order valence-corrected chi connectivity index (χ3v) is 3.65. The van der Waals surface area contributed by atoms with Crippen LogP contribution >= 0.6 is 11.6 Å². The molecule has 0 spiro atoms.